The lowest BCUT2D eigenvalue weighted by molar-refractivity contribution is -0.144. The summed E-state index contributed by atoms with van der Waals surface area (Å²) >= 11 is 0. The molecular formula is C15H20N4O4. The van der Waals surface area contributed by atoms with Crippen molar-refractivity contribution < 1.29 is 19.5 Å². The third-order valence-electron chi connectivity index (χ3n) is 3.71. The monoisotopic (exact) mass is 320 g/mol. The van der Waals surface area contributed by atoms with Crippen LogP contribution in [-0.4, -0.2) is 72.0 Å². The van der Waals surface area contributed by atoms with E-state index in [1.807, 2.05) is 4.90 Å². The van der Waals surface area contributed by atoms with Crippen molar-refractivity contribution in [1.29, 1.82) is 0 Å². The number of benzene rings is 1. The lowest BCUT2D eigenvalue weighted by Gasteiger charge is -2.33. The Morgan fingerprint density at radius 2 is 1.78 bits per heavy atom. The number of rotatable bonds is 4. The van der Waals surface area contributed by atoms with Crippen molar-refractivity contribution in [2.75, 3.05) is 44.6 Å². The van der Waals surface area contributed by atoms with Gasteiger partial charge in [0.05, 0.1) is 17.9 Å². The lowest BCUT2D eigenvalue weighted by Crippen LogP contribution is -2.52. The van der Waals surface area contributed by atoms with E-state index in [9.17, 15) is 14.4 Å². The highest BCUT2D eigenvalue weighted by Gasteiger charge is 2.26. The number of nitrogens with two attached hydrogens (primary N) is 1. The fourth-order valence-electron chi connectivity index (χ4n) is 2.44. The summed E-state index contributed by atoms with van der Waals surface area (Å²) < 4.78 is 0. The van der Waals surface area contributed by atoms with Crippen LogP contribution >= 0.6 is 0 Å². The molecule has 0 aromatic heterocycles. The Morgan fingerprint density at radius 1 is 1.13 bits per heavy atom. The number of piperazine rings is 1. The molecule has 0 saturated carbocycles. The maximum Gasteiger partial charge on any atom is 0.313 e. The Labute approximate surface area is 133 Å². The van der Waals surface area contributed by atoms with Gasteiger partial charge in [-0.3, -0.25) is 19.3 Å². The Kier molecular flexibility index (Phi) is 5.67. The second kappa shape index (κ2) is 7.70. The molecule has 1 aliphatic rings. The number of hydrogen-bond donors (Lipinski definition) is 3. The van der Waals surface area contributed by atoms with E-state index in [1.54, 1.807) is 12.1 Å². The smallest absolute Gasteiger partial charge is 0.313 e. The summed E-state index contributed by atoms with van der Waals surface area (Å²) in [5.74, 6) is -2.12. The molecule has 124 valence electrons. The molecule has 0 bridgehead atoms. The number of para-hydroxylation sites is 1. The first kappa shape index (κ1) is 16.9. The fourth-order valence-corrected chi connectivity index (χ4v) is 2.44. The zero-order valence-electron chi connectivity index (χ0n) is 12.7. The lowest BCUT2D eigenvalue weighted by atomic mass is 10.1. The number of primary amides is 1. The van der Waals surface area contributed by atoms with Gasteiger partial charge in [-0.1, -0.05) is 12.1 Å². The maximum atomic E-state index is 12.2. The average Bonchev–Trinajstić information content (AvgIpc) is 2.55. The number of amides is 3. The summed E-state index contributed by atoms with van der Waals surface area (Å²) in [4.78, 5) is 39.1. The minimum atomic E-state index is -0.797. The van der Waals surface area contributed by atoms with Crippen molar-refractivity contribution in [3.05, 3.63) is 29.8 Å². The van der Waals surface area contributed by atoms with E-state index in [-0.39, 0.29) is 17.9 Å². The van der Waals surface area contributed by atoms with E-state index in [4.69, 9.17) is 10.8 Å². The predicted octanol–water partition coefficient (Wildman–Crippen LogP) is -1.14. The summed E-state index contributed by atoms with van der Waals surface area (Å²) in [6, 6.07) is 6.26. The van der Waals surface area contributed by atoms with E-state index >= 15 is 0 Å². The van der Waals surface area contributed by atoms with Crippen LogP contribution in [0.4, 0.5) is 5.69 Å². The molecule has 8 heteroatoms. The number of aliphatic hydroxyl groups is 1. The molecule has 4 N–H and O–H groups in total. The minimum Gasteiger partial charge on any atom is -0.395 e. The molecule has 0 radical (unpaired) electrons. The largest absolute Gasteiger partial charge is 0.395 e. The molecule has 0 spiro atoms. The highest BCUT2D eigenvalue weighted by Crippen LogP contribution is 2.14. The molecule has 1 aromatic rings. The molecule has 8 nitrogen and oxygen atoms in total. The summed E-state index contributed by atoms with van der Waals surface area (Å²) in [5.41, 5.74) is 5.62. The van der Waals surface area contributed by atoms with Gasteiger partial charge in [0.15, 0.2) is 0 Å². The summed E-state index contributed by atoms with van der Waals surface area (Å²) in [6.07, 6.45) is 0. The first-order valence-electron chi connectivity index (χ1n) is 7.35. The zero-order chi connectivity index (χ0) is 16.8. The first-order chi connectivity index (χ1) is 11.0. The molecule has 0 unspecified atom stereocenters. The molecule has 0 aliphatic carbocycles. The van der Waals surface area contributed by atoms with Gasteiger partial charge in [0.25, 0.3) is 5.91 Å². The average molecular weight is 320 g/mol. The Bertz CT molecular complexity index is 597. The quantitative estimate of drug-likeness (QED) is 0.607. The first-order valence-corrected chi connectivity index (χ1v) is 7.35. The number of hydrogen-bond acceptors (Lipinski definition) is 5. The van der Waals surface area contributed by atoms with Gasteiger partial charge in [-0.05, 0) is 12.1 Å². The van der Waals surface area contributed by atoms with Gasteiger partial charge in [-0.2, -0.15) is 0 Å². The van der Waals surface area contributed by atoms with Gasteiger partial charge in [0.1, 0.15) is 0 Å². The predicted molar refractivity (Wildman–Crippen MR) is 83.7 cm³/mol. The molecule has 23 heavy (non-hydrogen) atoms. The minimum absolute atomic E-state index is 0.0678. The number of aliphatic hydroxyl groups excluding tert-OH is 1. The molecule has 1 aliphatic heterocycles. The van der Waals surface area contributed by atoms with Crippen LogP contribution in [0, 0.1) is 0 Å². The Balaban J connectivity index is 1.96. The zero-order valence-corrected chi connectivity index (χ0v) is 12.7. The maximum absolute atomic E-state index is 12.2. The standard InChI is InChI=1S/C15H20N4O4/c16-13(21)11-3-1-2-4-12(11)17-14(22)15(23)19-7-5-18(6-8-19)9-10-20/h1-4,20H,5-10H2,(H2,16,21)(H,17,22). The van der Waals surface area contributed by atoms with Gasteiger partial charge in [0, 0.05) is 32.7 Å². The van der Waals surface area contributed by atoms with Gasteiger partial charge < -0.3 is 21.1 Å². The molecule has 1 saturated heterocycles. The summed E-state index contributed by atoms with van der Waals surface area (Å²) in [6.45, 7) is 2.68. The summed E-state index contributed by atoms with van der Waals surface area (Å²) in [5, 5.41) is 11.3. The molecule has 1 fully saturated rings. The van der Waals surface area contributed by atoms with E-state index in [2.05, 4.69) is 5.32 Å². The van der Waals surface area contributed by atoms with Crippen molar-refractivity contribution in [3.63, 3.8) is 0 Å². The topological polar surface area (TPSA) is 116 Å². The van der Waals surface area contributed by atoms with E-state index < -0.39 is 17.7 Å². The van der Waals surface area contributed by atoms with Crippen LogP contribution in [-0.2, 0) is 9.59 Å². The van der Waals surface area contributed by atoms with Gasteiger partial charge in [-0.25, -0.2) is 0 Å². The number of nitrogens with one attached hydrogen (secondary N) is 1. The van der Waals surface area contributed by atoms with Crippen LogP contribution < -0.4 is 11.1 Å². The number of carbonyl (C=O) groups excluding carboxylic acids is 3. The molecular weight excluding hydrogens is 300 g/mol. The van der Waals surface area contributed by atoms with Crippen LogP contribution in [0.3, 0.4) is 0 Å². The number of nitrogens with zero attached hydrogens (tertiary/aromatic N) is 2. The second-order valence-corrected chi connectivity index (χ2v) is 5.22. The van der Waals surface area contributed by atoms with Crippen LogP contribution in [0.25, 0.3) is 0 Å². The number of β-amino-alcohol motifs (C(OH)–C–C–N with tert-alkyl or cyclic N) is 1. The van der Waals surface area contributed by atoms with Crippen LogP contribution in [0.2, 0.25) is 0 Å². The van der Waals surface area contributed by atoms with Crippen LogP contribution in [0.15, 0.2) is 24.3 Å². The summed E-state index contributed by atoms with van der Waals surface area (Å²) in [7, 11) is 0. The van der Waals surface area contributed by atoms with Gasteiger partial charge >= 0.3 is 11.8 Å². The van der Waals surface area contributed by atoms with Gasteiger partial charge in [0.2, 0.25) is 0 Å². The molecule has 1 aromatic carbocycles. The highest BCUT2D eigenvalue weighted by molar-refractivity contribution is 6.39. The third-order valence-corrected chi connectivity index (χ3v) is 3.71. The van der Waals surface area contributed by atoms with Crippen molar-refractivity contribution in [2.24, 2.45) is 5.73 Å². The Morgan fingerprint density at radius 3 is 2.39 bits per heavy atom. The molecule has 2 rings (SSSR count). The highest BCUT2D eigenvalue weighted by atomic mass is 16.3. The normalized spacial score (nSPS) is 15.3. The SMILES string of the molecule is NC(=O)c1ccccc1NC(=O)C(=O)N1CCN(CCO)CC1. The molecule has 1 heterocycles. The third kappa shape index (κ3) is 4.27. The fraction of sp³-hybridized carbons (Fsp3) is 0.400. The number of anilines is 1. The molecule has 0 atom stereocenters. The molecule has 3 amide bonds. The van der Waals surface area contributed by atoms with Crippen molar-refractivity contribution in [1.82, 2.24) is 9.80 Å². The van der Waals surface area contributed by atoms with E-state index in [1.165, 1.54) is 17.0 Å². The number of carbonyl (C=O) groups is 3. The van der Waals surface area contributed by atoms with Gasteiger partial charge in [-0.15, -0.1) is 0 Å². The van der Waals surface area contributed by atoms with Crippen molar-refractivity contribution in [3.8, 4) is 0 Å². The Hall–Kier alpha value is -2.45. The van der Waals surface area contributed by atoms with Crippen LogP contribution in [0.1, 0.15) is 10.4 Å². The second-order valence-electron chi connectivity index (χ2n) is 5.22. The van der Waals surface area contributed by atoms with Crippen molar-refractivity contribution >= 4 is 23.4 Å². The van der Waals surface area contributed by atoms with Crippen molar-refractivity contribution in [2.45, 2.75) is 0 Å². The van der Waals surface area contributed by atoms with E-state index in [0.29, 0.717) is 32.7 Å². The van der Waals surface area contributed by atoms with Crippen LogP contribution in [0.5, 0.6) is 0 Å². The van der Waals surface area contributed by atoms with E-state index in [0.717, 1.165) is 0 Å².